The van der Waals surface area contributed by atoms with E-state index in [1.165, 1.54) is 0 Å². The predicted octanol–water partition coefficient (Wildman–Crippen LogP) is -0.103. The van der Waals surface area contributed by atoms with Crippen LogP contribution in [-0.2, 0) is 11.3 Å². The van der Waals surface area contributed by atoms with Crippen molar-refractivity contribution < 1.29 is 4.74 Å². The molecule has 1 aromatic heterocycles. The van der Waals surface area contributed by atoms with Crippen molar-refractivity contribution in [3.05, 3.63) is 24.0 Å². The van der Waals surface area contributed by atoms with Crippen LogP contribution in [0.1, 0.15) is 5.69 Å². The minimum Gasteiger partial charge on any atom is -0.383 e. The summed E-state index contributed by atoms with van der Waals surface area (Å²) in [6.45, 7) is 4.65. The van der Waals surface area contributed by atoms with Gasteiger partial charge in [-0.05, 0) is 12.1 Å². The van der Waals surface area contributed by atoms with E-state index in [1.54, 1.807) is 13.3 Å². The number of rotatable bonds is 4. The molecule has 0 amide bonds. The maximum Gasteiger partial charge on any atom is 0.0771 e. The topological polar surface area (TPSA) is 50.3 Å². The van der Waals surface area contributed by atoms with E-state index in [1.807, 2.05) is 12.1 Å². The summed E-state index contributed by atoms with van der Waals surface area (Å²) in [7, 11) is 1.75. The summed E-state index contributed by atoms with van der Waals surface area (Å²) in [6.07, 6.45) is 1.70. The minimum absolute atomic E-state index is 0.431. The molecule has 1 aliphatic rings. The fraction of sp³-hybridized carbons (Fsp3) is 0.636. The van der Waals surface area contributed by atoms with Gasteiger partial charge in [-0.1, -0.05) is 0 Å². The summed E-state index contributed by atoms with van der Waals surface area (Å²) >= 11 is 0. The van der Waals surface area contributed by atoms with Crippen molar-refractivity contribution in [2.24, 2.45) is 0 Å². The van der Waals surface area contributed by atoms with Crippen molar-refractivity contribution >= 4 is 0 Å². The fourth-order valence-electron chi connectivity index (χ4n) is 1.99. The highest BCUT2D eigenvalue weighted by molar-refractivity contribution is 5.00. The Morgan fingerprint density at radius 1 is 1.62 bits per heavy atom. The first kappa shape index (κ1) is 11.4. The van der Waals surface area contributed by atoms with E-state index in [2.05, 4.69) is 20.4 Å². The maximum atomic E-state index is 5.23. The van der Waals surface area contributed by atoms with Crippen LogP contribution in [0.25, 0.3) is 0 Å². The van der Waals surface area contributed by atoms with Crippen LogP contribution in [0.4, 0.5) is 0 Å². The van der Waals surface area contributed by atoms with Gasteiger partial charge in [0.2, 0.25) is 0 Å². The SMILES string of the molecule is COC[C@H]1CNCCN1Cc1cccnn1. The predicted molar refractivity (Wildman–Crippen MR) is 61.0 cm³/mol. The third kappa shape index (κ3) is 2.98. The lowest BCUT2D eigenvalue weighted by molar-refractivity contribution is 0.0678. The van der Waals surface area contributed by atoms with Crippen LogP contribution >= 0.6 is 0 Å². The molecule has 2 rings (SSSR count). The van der Waals surface area contributed by atoms with Gasteiger partial charge in [0.15, 0.2) is 0 Å². The average Bonchev–Trinajstić information content (AvgIpc) is 2.33. The number of hydrogen-bond acceptors (Lipinski definition) is 5. The molecule has 0 saturated carbocycles. The highest BCUT2D eigenvalue weighted by Crippen LogP contribution is 2.08. The summed E-state index contributed by atoms with van der Waals surface area (Å²) in [6, 6.07) is 4.37. The van der Waals surface area contributed by atoms with Gasteiger partial charge in [-0.3, -0.25) is 4.90 Å². The molecule has 0 unspecified atom stereocenters. The Balaban J connectivity index is 1.96. The van der Waals surface area contributed by atoms with Gasteiger partial charge in [-0.2, -0.15) is 10.2 Å². The summed E-state index contributed by atoms with van der Waals surface area (Å²) in [5, 5.41) is 11.4. The molecule has 1 saturated heterocycles. The van der Waals surface area contributed by atoms with E-state index in [-0.39, 0.29) is 0 Å². The van der Waals surface area contributed by atoms with Crippen molar-refractivity contribution in [2.75, 3.05) is 33.4 Å². The first-order chi connectivity index (χ1) is 7.90. The van der Waals surface area contributed by atoms with E-state index in [0.29, 0.717) is 6.04 Å². The maximum absolute atomic E-state index is 5.23. The molecule has 0 bridgehead atoms. The molecular formula is C11H18N4O. The van der Waals surface area contributed by atoms with Gasteiger partial charge in [-0.15, -0.1) is 0 Å². The molecule has 2 heterocycles. The molecule has 0 spiro atoms. The Morgan fingerprint density at radius 3 is 3.31 bits per heavy atom. The highest BCUT2D eigenvalue weighted by atomic mass is 16.5. The summed E-state index contributed by atoms with van der Waals surface area (Å²) in [5.41, 5.74) is 1.02. The van der Waals surface area contributed by atoms with Crippen molar-refractivity contribution in [1.29, 1.82) is 0 Å². The average molecular weight is 222 g/mol. The van der Waals surface area contributed by atoms with Crippen LogP contribution in [0.3, 0.4) is 0 Å². The number of ether oxygens (including phenoxy) is 1. The number of piperazine rings is 1. The summed E-state index contributed by atoms with van der Waals surface area (Å²) in [4.78, 5) is 2.39. The molecule has 1 N–H and O–H groups in total. The van der Waals surface area contributed by atoms with Gasteiger partial charge >= 0.3 is 0 Å². The first-order valence-electron chi connectivity index (χ1n) is 5.60. The van der Waals surface area contributed by atoms with Crippen molar-refractivity contribution in [1.82, 2.24) is 20.4 Å². The lowest BCUT2D eigenvalue weighted by atomic mass is 10.2. The zero-order valence-corrected chi connectivity index (χ0v) is 9.59. The third-order valence-corrected chi connectivity index (χ3v) is 2.82. The molecule has 5 nitrogen and oxygen atoms in total. The molecule has 0 aromatic carbocycles. The van der Waals surface area contributed by atoms with Crippen molar-refractivity contribution in [3.63, 3.8) is 0 Å². The standard InChI is InChI=1S/C11H18N4O/c1-16-9-11-7-12-5-6-15(11)8-10-3-2-4-13-14-10/h2-4,11-12H,5-9H2,1H3/t11-/m1/s1. The van der Waals surface area contributed by atoms with Crippen molar-refractivity contribution in [3.8, 4) is 0 Å². The number of nitrogens with one attached hydrogen (secondary N) is 1. The number of hydrogen-bond donors (Lipinski definition) is 1. The zero-order valence-electron chi connectivity index (χ0n) is 9.59. The Morgan fingerprint density at radius 2 is 2.56 bits per heavy atom. The van der Waals surface area contributed by atoms with Crippen LogP contribution in [0.15, 0.2) is 18.3 Å². The van der Waals surface area contributed by atoms with E-state index in [0.717, 1.165) is 38.5 Å². The molecule has 0 aliphatic carbocycles. The largest absolute Gasteiger partial charge is 0.383 e. The van der Waals surface area contributed by atoms with Crippen LogP contribution < -0.4 is 5.32 Å². The quantitative estimate of drug-likeness (QED) is 0.771. The molecule has 16 heavy (non-hydrogen) atoms. The highest BCUT2D eigenvalue weighted by Gasteiger charge is 2.22. The Labute approximate surface area is 95.8 Å². The van der Waals surface area contributed by atoms with E-state index in [4.69, 9.17) is 4.74 Å². The van der Waals surface area contributed by atoms with E-state index >= 15 is 0 Å². The van der Waals surface area contributed by atoms with Gasteiger partial charge in [0, 0.05) is 45.5 Å². The van der Waals surface area contributed by atoms with Gasteiger partial charge in [0.1, 0.15) is 0 Å². The molecule has 1 fully saturated rings. The molecule has 0 radical (unpaired) electrons. The summed E-state index contributed by atoms with van der Waals surface area (Å²) < 4.78 is 5.23. The van der Waals surface area contributed by atoms with Crippen molar-refractivity contribution in [2.45, 2.75) is 12.6 Å². The molecule has 1 atom stereocenters. The van der Waals surface area contributed by atoms with Gasteiger partial charge in [0.05, 0.1) is 12.3 Å². The Hall–Kier alpha value is -1.04. The molecular weight excluding hydrogens is 204 g/mol. The second kappa shape index (κ2) is 5.89. The van der Waals surface area contributed by atoms with Gasteiger partial charge in [0.25, 0.3) is 0 Å². The molecule has 1 aliphatic heterocycles. The first-order valence-corrected chi connectivity index (χ1v) is 5.60. The molecule has 5 heteroatoms. The Kier molecular flexibility index (Phi) is 4.21. The second-order valence-electron chi connectivity index (χ2n) is 4.00. The number of nitrogens with zero attached hydrogens (tertiary/aromatic N) is 3. The molecule has 1 aromatic rings. The molecule has 88 valence electrons. The smallest absolute Gasteiger partial charge is 0.0771 e. The van der Waals surface area contributed by atoms with Crippen LogP contribution in [0.5, 0.6) is 0 Å². The summed E-state index contributed by atoms with van der Waals surface area (Å²) in [5.74, 6) is 0. The van der Waals surface area contributed by atoms with Gasteiger partial charge in [-0.25, -0.2) is 0 Å². The van der Waals surface area contributed by atoms with E-state index < -0.39 is 0 Å². The number of aromatic nitrogens is 2. The van der Waals surface area contributed by atoms with Crippen LogP contribution in [0, 0.1) is 0 Å². The number of methoxy groups -OCH3 is 1. The lowest BCUT2D eigenvalue weighted by Crippen LogP contribution is -2.52. The fourth-order valence-corrected chi connectivity index (χ4v) is 1.99. The normalized spacial score (nSPS) is 22.2. The second-order valence-corrected chi connectivity index (χ2v) is 4.00. The van der Waals surface area contributed by atoms with E-state index in [9.17, 15) is 0 Å². The lowest BCUT2D eigenvalue weighted by Gasteiger charge is -2.35. The van der Waals surface area contributed by atoms with Crippen LogP contribution in [-0.4, -0.2) is 54.5 Å². The third-order valence-electron chi connectivity index (χ3n) is 2.82. The minimum atomic E-state index is 0.431. The van der Waals surface area contributed by atoms with Crippen LogP contribution in [0.2, 0.25) is 0 Å². The monoisotopic (exact) mass is 222 g/mol. The zero-order chi connectivity index (χ0) is 11.2. The Bertz CT molecular complexity index is 304. The van der Waals surface area contributed by atoms with Gasteiger partial charge < -0.3 is 10.1 Å².